The quantitative estimate of drug-likeness (QED) is 0.116. The van der Waals surface area contributed by atoms with Gasteiger partial charge < -0.3 is 24.2 Å². The summed E-state index contributed by atoms with van der Waals surface area (Å²) in [5.74, 6) is 0. The predicted octanol–water partition coefficient (Wildman–Crippen LogP) is 8.22. The molecule has 1 saturated heterocycles. The Hall–Kier alpha value is -4.61. The Labute approximate surface area is 268 Å². The Bertz CT molecular complexity index is 2310. The van der Waals surface area contributed by atoms with Crippen LogP contribution in [-0.2, 0) is 20.1 Å². The molecule has 44 heavy (non-hydrogen) atoms. The third-order valence-corrected chi connectivity index (χ3v) is 8.85. The minimum atomic E-state index is 0. The minimum Gasteiger partial charge on any atom is -0.521 e. The van der Waals surface area contributed by atoms with Crippen LogP contribution in [0.25, 0.3) is 60.0 Å². The third kappa shape index (κ3) is 3.99. The van der Waals surface area contributed by atoms with E-state index in [0.717, 1.165) is 23.0 Å². The first-order valence-electron chi connectivity index (χ1n) is 14.6. The maximum absolute atomic E-state index is 4.58. The molecule has 1 fully saturated rings. The Morgan fingerprint density at radius 1 is 0.795 bits per heavy atom. The predicted molar refractivity (Wildman–Crippen MR) is 175 cm³/mol. The monoisotopic (exact) mass is 745 g/mol. The first-order valence-corrected chi connectivity index (χ1v) is 14.6. The van der Waals surface area contributed by atoms with Gasteiger partial charge in [-0.25, -0.2) is 0 Å². The molecule has 6 heteroatoms. The summed E-state index contributed by atoms with van der Waals surface area (Å²) < 4.78 is 2.12. The number of pyridine rings is 2. The van der Waals surface area contributed by atoms with Crippen molar-refractivity contribution in [2.45, 2.75) is 6.04 Å². The molecule has 0 saturated carbocycles. The van der Waals surface area contributed by atoms with Gasteiger partial charge >= 0.3 is 20.1 Å². The van der Waals surface area contributed by atoms with Crippen LogP contribution in [0.4, 0.5) is 5.69 Å². The van der Waals surface area contributed by atoms with E-state index < -0.39 is 0 Å². The third-order valence-electron chi connectivity index (χ3n) is 8.85. The summed E-state index contributed by atoms with van der Waals surface area (Å²) >= 11 is 0. The van der Waals surface area contributed by atoms with E-state index in [-0.39, 0.29) is 20.1 Å². The minimum absolute atomic E-state index is 0. The number of fused-ring (bicyclic) bond motifs is 16. The molecule has 3 aromatic heterocycles. The maximum atomic E-state index is 4.58. The maximum Gasteiger partial charge on any atom is 3.00 e. The summed E-state index contributed by atoms with van der Waals surface area (Å²) in [6, 6.07) is 40.2. The molecule has 2 aliphatic rings. The van der Waals surface area contributed by atoms with Gasteiger partial charge in [-0.15, -0.1) is 11.3 Å². The normalized spacial score (nSPS) is 15.6. The van der Waals surface area contributed by atoms with Crippen LogP contribution < -0.4 is 4.90 Å². The molecule has 10 rings (SSSR count). The number of nitrogens with zero attached hydrogens (tertiary/aromatic N) is 5. The average molecular weight is 745 g/mol. The number of hydrogen-bond acceptors (Lipinski definition) is 4. The smallest absolute Gasteiger partial charge is 0.521 e. The molecule has 5 nitrogen and oxygen atoms in total. The van der Waals surface area contributed by atoms with Gasteiger partial charge in [-0.2, -0.15) is 30.9 Å². The molecule has 0 N–H and O–H groups in total. The Balaban J connectivity index is 0.000000135. The van der Waals surface area contributed by atoms with Crippen LogP contribution in [0.1, 0.15) is 11.6 Å². The molecule has 0 amide bonds. The van der Waals surface area contributed by atoms with Crippen molar-refractivity contribution in [3.8, 4) is 11.1 Å². The van der Waals surface area contributed by atoms with E-state index >= 15 is 0 Å². The molecule has 1 unspecified atom stereocenters. The number of aromatic nitrogens is 3. The number of hydrogen-bond donors (Lipinski definition) is 0. The Morgan fingerprint density at radius 3 is 2.55 bits per heavy atom. The van der Waals surface area contributed by atoms with Crippen LogP contribution in [0.2, 0.25) is 0 Å². The number of imidazole rings is 1. The van der Waals surface area contributed by atoms with Crippen molar-refractivity contribution < 1.29 is 20.1 Å². The summed E-state index contributed by atoms with van der Waals surface area (Å²) in [6.07, 6.45) is 6.78. The van der Waals surface area contributed by atoms with Crippen molar-refractivity contribution in [1.29, 1.82) is 0 Å². The first-order chi connectivity index (χ1) is 21.3. The van der Waals surface area contributed by atoms with Crippen molar-refractivity contribution in [2.75, 3.05) is 18.5 Å². The van der Waals surface area contributed by atoms with Crippen molar-refractivity contribution >= 4 is 54.6 Å². The van der Waals surface area contributed by atoms with Gasteiger partial charge in [0.25, 0.3) is 0 Å². The Morgan fingerprint density at radius 2 is 1.59 bits per heavy atom. The number of para-hydroxylation sites is 1. The number of benzene rings is 5. The average Bonchev–Trinajstić information content (AvgIpc) is 3.72. The summed E-state index contributed by atoms with van der Waals surface area (Å²) in [4.78, 5) is 13.5. The summed E-state index contributed by atoms with van der Waals surface area (Å²) in [5, 5.41) is 7.29. The molecule has 5 heterocycles. The number of anilines is 1. The second kappa shape index (κ2) is 10.5. The molecule has 0 radical (unpaired) electrons. The van der Waals surface area contributed by atoms with Gasteiger partial charge in [-0.1, -0.05) is 90.6 Å². The van der Waals surface area contributed by atoms with Crippen molar-refractivity contribution in [2.24, 2.45) is 0 Å². The van der Waals surface area contributed by atoms with E-state index in [2.05, 4.69) is 141 Å². The molecule has 0 aliphatic carbocycles. The van der Waals surface area contributed by atoms with Gasteiger partial charge in [0.15, 0.2) is 0 Å². The second-order valence-corrected chi connectivity index (χ2v) is 11.3. The standard InChI is InChI=1S/C22H12N3.C16H14N2.Ir/c1-2-5-16-14(4-1)7-8-15-9-10-18-17-6-3-11-24-21(17)19-12-23-13-25(19)22(18)20(15)16;1-17-10-16-14-8-3-2-6-12(14)13-7-4-5-9-15(13)18(16)11-17;/h1-11,13H;2-8,11,16H,10H2,1H3;/q-1;-2;+3. The second-order valence-electron chi connectivity index (χ2n) is 11.3. The van der Waals surface area contributed by atoms with Gasteiger partial charge in [0.1, 0.15) is 0 Å². The van der Waals surface area contributed by atoms with Gasteiger partial charge in [-0.3, -0.25) is 0 Å². The largest absolute Gasteiger partial charge is 3.00 e. The van der Waals surface area contributed by atoms with Gasteiger partial charge in [-0.05, 0) is 69.5 Å². The van der Waals surface area contributed by atoms with Crippen LogP contribution in [0.5, 0.6) is 0 Å². The van der Waals surface area contributed by atoms with Gasteiger partial charge in [0.2, 0.25) is 0 Å². The Kier molecular flexibility index (Phi) is 6.46. The summed E-state index contributed by atoms with van der Waals surface area (Å²) in [7, 11) is 2.13. The molecule has 0 spiro atoms. The fourth-order valence-corrected chi connectivity index (χ4v) is 7.01. The SMILES string of the molecule is CN1[CH-]N2c3[c-]cccc3-c3ccccc3C2C1.[Ir+3].[c-]1ncn2c1c1ncccc1c1ccc3ccc4ccccc4c3c12. The summed E-state index contributed by atoms with van der Waals surface area (Å²) in [6.45, 7) is 3.23. The van der Waals surface area contributed by atoms with Gasteiger partial charge in [0, 0.05) is 23.1 Å². The van der Waals surface area contributed by atoms with Gasteiger partial charge in [0.05, 0.1) is 0 Å². The van der Waals surface area contributed by atoms with Crippen LogP contribution in [0, 0.1) is 18.9 Å². The zero-order valence-electron chi connectivity index (χ0n) is 23.9. The summed E-state index contributed by atoms with van der Waals surface area (Å²) in [5.41, 5.74) is 8.29. The van der Waals surface area contributed by atoms with Crippen LogP contribution in [-0.4, -0.2) is 32.9 Å². The van der Waals surface area contributed by atoms with Crippen molar-refractivity contribution in [3.05, 3.63) is 140 Å². The number of rotatable bonds is 0. The fourth-order valence-electron chi connectivity index (χ4n) is 7.01. The molecular weight excluding hydrogens is 719 g/mol. The van der Waals surface area contributed by atoms with E-state index in [9.17, 15) is 0 Å². The number of likely N-dealkylation sites (N-methyl/N-ethyl adjacent to an activating group) is 1. The molecule has 1 atom stereocenters. The zero-order chi connectivity index (χ0) is 28.5. The first kappa shape index (κ1) is 27.0. The van der Waals surface area contributed by atoms with E-state index in [1.54, 1.807) is 0 Å². The van der Waals surface area contributed by atoms with Crippen LogP contribution in [0.15, 0.2) is 116 Å². The fraction of sp³-hybridized carbons (Fsp3) is 0.0789. The van der Waals surface area contributed by atoms with Crippen LogP contribution in [0.3, 0.4) is 0 Å². The molecular formula is C38H26IrN5. The van der Waals surface area contributed by atoms with Crippen molar-refractivity contribution in [1.82, 2.24) is 19.3 Å². The van der Waals surface area contributed by atoms with E-state index in [4.69, 9.17) is 0 Å². The zero-order valence-corrected chi connectivity index (χ0v) is 26.3. The van der Waals surface area contributed by atoms with E-state index in [1.807, 2.05) is 24.7 Å². The molecule has 5 aromatic carbocycles. The van der Waals surface area contributed by atoms with E-state index in [1.165, 1.54) is 54.8 Å². The molecule has 2 aliphatic heterocycles. The van der Waals surface area contributed by atoms with Crippen molar-refractivity contribution in [3.63, 3.8) is 0 Å². The molecule has 212 valence electrons. The topological polar surface area (TPSA) is 36.7 Å². The van der Waals surface area contributed by atoms with E-state index in [0.29, 0.717) is 6.04 Å². The molecule has 8 aromatic rings. The van der Waals surface area contributed by atoms with Crippen LogP contribution >= 0.6 is 0 Å². The molecule has 0 bridgehead atoms.